The Morgan fingerprint density at radius 2 is 2.20 bits per heavy atom. The summed E-state index contributed by atoms with van der Waals surface area (Å²) in [5, 5.41) is 9.06. The molecular weight excluding hydrogens is 258 g/mol. The number of pyridine rings is 1. The first-order valence-corrected chi connectivity index (χ1v) is 5.57. The van der Waals surface area contributed by atoms with Crippen LogP contribution in [0.1, 0.15) is 25.3 Å². The Kier molecular flexibility index (Phi) is 2.34. The van der Waals surface area contributed by atoms with E-state index in [0.717, 1.165) is 10.0 Å². The molecule has 1 aromatic heterocycles. The Hall–Kier alpha value is -0.900. The number of rotatable bonds is 2. The van der Waals surface area contributed by atoms with Gasteiger partial charge in [-0.05, 0) is 33.0 Å². The van der Waals surface area contributed by atoms with Gasteiger partial charge in [0.15, 0.2) is 0 Å². The van der Waals surface area contributed by atoms with Crippen molar-refractivity contribution in [2.45, 2.75) is 19.8 Å². The SMILES string of the molecule is CC1(C)C(C(=O)O)C1c1cncc(Br)c1. The number of carboxylic acids is 1. The Labute approximate surface area is 96.7 Å². The van der Waals surface area contributed by atoms with Gasteiger partial charge < -0.3 is 5.11 Å². The summed E-state index contributed by atoms with van der Waals surface area (Å²) in [4.78, 5) is 15.1. The lowest BCUT2D eigenvalue weighted by atomic mass is 10.1. The number of aliphatic carboxylic acids is 1. The van der Waals surface area contributed by atoms with Crippen molar-refractivity contribution in [1.82, 2.24) is 4.98 Å². The van der Waals surface area contributed by atoms with Gasteiger partial charge in [0.1, 0.15) is 0 Å². The van der Waals surface area contributed by atoms with Gasteiger partial charge >= 0.3 is 5.97 Å². The fraction of sp³-hybridized carbons (Fsp3) is 0.455. The first-order valence-electron chi connectivity index (χ1n) is 4.78. The molecule has 0 aliphatic heterocycles. The second-order valence-electron chi connectivity index (χ2n) is 4.55. The Bertz CT molecular complexity index is 417. The lowest BCUT2D eigenvalue weighted by Crippen LogP contribution is -2.03. The van der Waals surface area contributed by atoms with Crippen LogP contribution in [0, 0.1) is 11.3 Å². The quantitative estimate of drug-likeness (QED) is 0.898. The largest absolute Gasteiger partial charge is 0.481 e. The molecule has 0 radical (unpaired) electrons. The molecule has 0 saturated heterocycles. The second kappa shape index (κ2) is 3.30. The van der Waals surface area contributed by atoms with Crippen LogP contribution in [0.15, 0.2) is 22.9 Å². The van der Waals surface area contributed by atoms with Crippen LogP contribution in [0.25, 0.3) is 0 Å². The van der Waals surface area contributed by atoms with Crippen LogP contribution in [0.3, 0.4) is 0 Å². The Morgan fingerprint density at radius 1 is 1.53 bits per heavy atom. The molecule has 0 amide bonds. The number of carbonyl (C=O) groups is 1. The molecular formula is C11H12BrNO2. The highest BCUT2D eigenvalue weighted by Crippen LogP contribution is 2.64. The summed E-state index contributed by atoms with van der Waals surface area (Å²) in [5.41, 5.74) is 0.843. The minimum atomic E-state index is -0.718. The van der Waals surface area contributed by atoms with Crippen LogP contribution < -0.4 is 0 Å². The second-order valence-corrected chi connectivity index (χ2v) is 5.47. The van der Waals surface area contributed by atoms with E-state index in [-0.39, 0.29) is 17.3 Å². The van der Waals surface area contributed by atoms with Gasteiger partial charge in [-0.25, -0.2) is 0 Å². The Balaban J connectivity index is 2.31. The monoisotopic (exact) mass is 269 g/mol. The summed E-state index contributed by atoms with van der Waals surface area (Å²) < 4.78 is 0.895. The van der Waals surface area contributed by atoms with Crippen molar-refractivity contribution >= 4 is 21.9 Å². The van der Waals surface area contributed by atoms with E-state index in [1.165, 1.54) is 0 Å². The predicted octanol–water partition coefficient (Wildman–Crippen LogP) is 2.67. The van der Waals surface area contributed by atoms with Gasteiger partial charge in [0.05, 0.1) is 5.92 Å². The van der Waals surface area contributed by atoms with Crippen LogP contribution in [0.4, 0.5) is 0 Å². The molecule has 1 heterocycles. The molecule has 1 aromatic rings. The minimum absolute atomic E-state index is 0.0833. The lowest BCUT2D eigenvalue weighted by Gasteiger charge is -2.02. The summed E-state index contributed by atoms with van der Waals surface area (Å²) >= 11 is 3.34. The molecule has 2 unspecified atom stereocenters. The molecule has 4 heteroatoms. The maximum absolute atomic E-state index is 11.0. The molecule has 2 atom stereocenters. The number of aromatic nitrogens is 1. The van der Waals surface area contributed by atoms with Crippen molar-refractivity contribution in [3.8, 4) is 0 Å². The normalized spacial score (nSPS) is 27.4. The molecule has 1 N–H and O–H groups in total. The first kappa shape index (κ1) is 10.6. The number of carboxylic acid groups (broad SMARTS) is 1. The molecule has 2 rings (SSSR count). The summed E-state index contributed by atoms with van der Waals surface area (Å²) in [6, 6.07) is 1.95. The first-order chi connectivity index (χ1) is 6.94. The van der Waals surface area contributed by atoms with Crippen molar-refractivity contribution in [3.63, 3.8) is 0 Å². The van der Waals surface area contributed by atoms with Crippen LogP contribution in [0.2, 0.25) is 0 Å². The molecule has 1 aliphatic carbocycles. The molecule has 3 nitrogen and oxygen atoms in total. The van der Waals surface area contributed by atoms with Crippen molar-refractivity contribution in [2.24, 2.45) is 11.3 Å². The van der Waals surface area contributed by atoms with Gasteiger partial charge in [-0.3, -0.25) is 9.78 Å². The van der Waals surface area contributed by atoms with E-state index in [2.05, 4.69) is 20.9 Å². The number of halogens is 1. The molecule has 0 aromatic carbocycles. The van der Waals surface area contributed by atoms with Gasteiger partial charge in [-0.2, -0.15) is 0 Å². The molecule has 1 fully saturated rings. The zero-order valence-corrected chi connectivity index (χ0v) is 10.2. The summed E-state index contributed by atoms with van der Waals surface area (Å²) in [6.45, 7) is 3.97. The smallest absolute Gasteiger partial charge is 0.307 e. The van der Waals surface area contributed by atoms with Crippen molar-refractivity contribution in [1.29, 1.82) is 0 Å². The van der Waals surface area contributed by atoms with E-state index in [1.807, 2.05) is 19.9 Å². The van der Waals surface area contributed by atoms with Crippen LogP contribution in [-0.2, 0) is 4.79 Å². The van der Waals surface area contributed by atoms with Crippen molar-refractivity contribution in [3.05, 3.63) is 28.5 Å². The van der Waals surface area contributed by atoms with E-state index >= 15 is 0 Å². The molecule has 1 saturated carbocycles. The van der Waals surface area contributed by atoms with Crippen LogP contribution >= 0.6 is 15.9 Å². The highest BCUT2D eigenvalue weighted by Gasteiger charge is 2.62. The molecule has 80 valence electrons. The van der Waals surface area contributed by atoms with Crippen molar-refractivity contribution in [2.75, 3.05) is 0 Å². The standard InChI is InChI=1S/C11H12BrNO2/c1-11(2)8(9(11)10(14)15)6-3-7(12)5-13-4-6/h3-5,8-9H,1-2H3,(H,14,15). The third-order valence-electron chi connectivity index (χ3n) is 3.18. The highest BCUT2D eigenvalue weighted by molar-refractivity contribution is 9.10. The Morgan fingerprint density at radius 3 is 2.67 bits per heavy atom. The molecule has 15 heavy (non-hydrogen) atoms. The zero-order chi connectivity index (χ0) is 11.2. The average molecular weight is 270 g/mol. The molecule has 1 aliphatic rings. The third kappa shape index (κ3) is 1.67. The lowest BCUT2D eigenvalue weighted by molar-refractivity contribution is -0.139. The molecule has 0 spiro atoms. The fourth-order valence-electron chi connectivity index (χ4n) is 2.32. The fourth-order valence-corrected chi connectivity index (χ4v) is 2.70. The predicted molar refractivity (Wildman–Crippen MR) is 59.6 cm³/mol. The maximum atomic E-state index is 11.0. The van der Waals surface area contributed by atoms with Gasteiger partial charge in [-0.1, -0.05) is 13.8 Å². The maximum Gasteiger partial charge on any atom is 0.307 e. The van der Waals surface area contributed by atoms with Gasteiger partial charge in [0.2, 0.25) is 0 Å². The third-order valence-corrected chi connectivity index (χ3v) is 3.61. The van der Waals surface area contributed by atoms with Gasteiger partial charge in [0.25, 0.3) is 0 Å². The van der Waals surface area contributed by atoms with Crippen LogP contribution in [-0.4, -0.2) is 16.1 Å². The van der Waals surface area contributed by atoms with Gasteiger partial charge in [-0.15, -0.1) is 0 Å². The number of hydrogen-bond acceptors (Lipinski definition) is 2. The van der Waals surface area contributed by atoms with Gasteiger partial charge in [0, 0.05) is 22.8 Å². The zero-order valence-electron chi connectivity index (χ0n) is 8.57. The number of nitrogens with zero attached hydrogens (tertiary/aromatic N) is 1. The topological polar surface area (TPSA) is 50.2 Å². The van der Waals surface area contributed by atoms with E-state index in [9.17, 15) is 4.79 Å². The molecule has 0 bridgehead atoms. The summed E-state index contributed by atoms with van der Waals surface area (Å²) in [5.74, 6) is -0.918. The highest BCUT2D eigenvalue weighted by atomic mass is 79.9. The number of hydrogen-bond donors (Lipinski definition) is 1. The van der Waals surface area contributed by atoms with Crippen molar-refractivity contribution < 1.29 is 9.90 Å². The van der Waals surface area contributed by atoms with E-state index in [1.54, 1.807) is 12.4 Å². The van der Waals surface area contributed by atoms with E-state index in [0.29, 0.717) is 0 Å². The van der Waals surface area contributed by atoms with Crippen LogP contribution in [0.5, 0.6) is 0 Å². The average Bonchev–Trinajstić information content (AvgIpc) is 2.69. The summed E-state index contributed by atoms with van der Waals surface area (Å²) in [7, 11) is 0. The van der Waals surface area contributed by atoms with E-state index < -0.39 is 5.97 Å². The minimum Gasteiger partial charge on any atom is -0.481 e. The van der Waals surface area contributed by atoms with E-state index in [4.69, 9.17) is 5.11 Å². The summed E-state index contributed by atoms with van der Waals surface area (Å²) in [6.07, 6.45) is 3.45.